The first-order chi connectivity index (χ1) is 11.0. The largest absolute Gasteiger partial charge is 0.341 e. The fraction of sp³-hybridized carbons (Fsp3) is 0.500. The topological polar surface area (TPSA) is 63.9 Å². The number of carbonyl (C=O) groups excluding carboxylic acids is 1. The summed E-state index contributed by atoms with van der Waals surface area (Å²) in [6.07, 6.45) is 2.13. The van der Waals surface area contributed by atoms with Crippen molar-refractivity contribution in [3.8, 4) is 11.4 Å². The van der Waals surface area contributed by atoms with Crippen LogP contribution in [-0.2, 0) is 4.79 Å². The minimum atomic E-state index is -0.430. The van der Waals surface area contributed by atoms with Gasteiger partial charge in [0.05, 0.1) is 0 Å². The molecular formula is C16H20BrN5O. The summed E-state index contributed by atoms with van der Waals surface area (Å²) in [6, 6.07) is 7.27. The number of piperidine rings is 1. The van der Waals surface area contributed by atoms with Crippen LogP contribution in [0.25, 0.3) is 11.4 Å². The highest BCUT2D eigenvalue weighted by atomic mass is 79.9. The number of tetrazole rings is 1. The van der Waals surface area contributed by atoms with Gasteiger partial charge in [0.15, 0.2) is 0 Å². The summed E-state index contributed by atoms with van der Waals surface area (Å²) in [6.45, 7) is 5.69. The minimum absolute atomic E-state index is 0.0663. The molecule has 1 amide bonds. The first-order valence-corrected chi connectivity index (χ1v) is 8.68. The zero-order valence-electron chi connectivity index (χ0n) is 13.3. The van der Waals surface area contributed by atoms with E-state index in [-0.39, 0.29) is 5.91 Å². The van der Waals surface area contributed by atoms with Crippen molar-refractivity contribution < 1.29 is 4.79 Å². The van der Waals surface area contributed by atoms with Crippen LogP contribution in [0.2, 0.25) is 0 Å². The van der Waals surface area contributed by atoms with Crippen LogP contribution in [-0.4, -0.2) is 44.1 Å². The van der Waals surface area contributed by atoms with Crippen LogP contribution >= 0.6 is 15.9 Å². The average molecular weight is 378 g/mol. The summed E-state index contributed by atoms with van der Waals surface area (Å²) in [4.78, 5) is 15.9. The number of benzene rings is 1. The lowest BCUT2D eigenvalue weighted by Crippen LogP contribution is -2.41. The molecule has 7 heteroatoms. The van der Waals surface area contributed by atoms with E-state index in [1.807, 2.05) is 36.1 Å². The zero-order valence-corrected chi connectivity index (χ0v) is 14.9. The lowest BCUT2D eigenvalue weighted by Gasteiger charge is -2.31. The van der Waals surface area contributed by atoms with Gasteiger partial charge in [-0.05, 0) is 55.2 Å². The molecule has 122 valence electrons. The molecule has 0 radical (unpaired) electrons. The van der Waals surface area contributed by atoms with Crippen LogP contribution in [0.3, 0.4) is 0 Å². The van der Waals surface area contributed by atoms with E-state index in [0.717, 1.165) is 36.0 Å². The Morgan fingerprint density at radius 3 is 2.57 bits per heavy atom. The molecule has 0 spiro atoms. The van der Waals surface area contributed by atoms with E-state index in [1.165, 1.54) is 4.80 Å². The van der Waals surface area contributed by atoms with Crippen LogP contribution in [0, 0.1) is 5.92 Å². The summed E-state index contributed by atoms with van der Waals surface area (Å²) in [5.74, 6) is 1.30. The maximum Gasteiger partial charge on any atom is 0.249 e. The first kappa shape index (κ1) is 16.1. The Labute approximate surface area is 144 Å². The number of hydrogen-bond acceptors (Lipinski definition) is 4. The van der Waals surface area contributed by atoms with Crippen LogP contribution in [0.15, 0.2) is 28.7 Å². The number of hydrogen-bond donors (Lipinski definition) is 0. The molecule has 1 aliphatic heterocycles. The van der Waals surface area contributed by atoms with Crippen LogP contribution < -0.4 is 0 Å². The summed E-state index contributed by atoms with van der Waals surface area (Å²) >= 11 is 3.40. The Bertz CT molecular complexity index is 676. The molecule has 3 rings (SSSR count). The van der Waals surface area contributed by atoms with Crippen molar-refractivity contribution in [3.63, 3.8) is 0 Å². The lowest BCUT2D eigenvalue weighted by molar-refractivity contribution is -0.136. The van der Waals surface area contributed by atoms with Gasteiger partial charge >= 0.3 is 0 Å². The number of rotatable bonds is 3. The maximum atomic E-state index is 12.6. The lowest BCUT2D eigenvalue weighted by atomic mass is 9.99. The van der Waals surface area contributed by atoms with Crippen LogP contribution in [0.4, 0.5) is 0 Å². The van der Waals surface area contributed by atoms with Crippen LogP contribution in [0.1, 0.15) is 32.7 Å². The van der Waals surface area contributed by atoms with Gasteiger partial charge in [-0.25, -0.2) is 0 Å². The molecule has 0 N–H and O–H groups in total. The van der Waals surface area contributed by atoms with Gasteiger partial charge in [-0.3, -0.25) is 4.79 Å². The smallest absolute Gasteiger partial charge is 0.249 e. The standard InChI is InChI=1S/C16H20BrN5O/c1-11-7-9-21(10-8-11)16(23)12(2)22-19-15(18-20-22)13-3-5-14(17)6-4-13/h3-6,11-12H,7-10H2,1-2H3/t12-/m0/s1. The number of nitrogens with zero attached hydrogens (tertiary/aromatic N) is 5. The minimum Gasteiger partial charge on any atom is -0.341 e. The summed E-state index contributed by atoms with van der Waals surface area (Å²) in [5, 5.41) is 12.5. The number of halogens is 1. The highest BCUT2D eigenvalue weighted by Gasteiger charge is 2.27. The summed E-state index contributed by atoms with van der Waals surface area (Å²) in [7, 11) is 0. The normalized spacial score (nSPS) is 17.3. The molecule has 0 unspecified atom stereocenters. The quantitative estimate of drug-likeness (QED) is 0.824. The second-order valence-electron chi connectivity index (χ2n) is 6.12. The third kappa shape index (κ3) is 3.60. The maximum absolute atomic E-state index is 12.6. The fourth-order valence-electron chi connectivity index (χ4n) is 2.70. The zero-order chi connectivity index (χ0) is 16.4. The van der Waals surface area contributed by atoms with Crippen molar-refractivity contribution in [2.75, 3.05) is 13.1 Å². The average Bonchev–Trinajstić information content (AvgIpc) is 3.05. The highest BCUT2D eigenvalue weighted by Crippen LogP contribution is 2.21. The van der Waals surface area contributed by atoms with E-state index in [4.69, 9.17) is 0 Å². The Morgan fingerprint density at radius 2 is 1.91 bits per heavy atom. The third-order valence-electron chi connectivity index (χ3n) is 4.33. The predicted octanol–water partition coefficient (Wildman–Crippen LogP) is 2.92. The summed E-state index contributed by atoms with van der Waals surface area (Å²) in [5.41, 5.74) is 0.880. The molecule has 1 saturated heterocycles. The Kier molecular flexibility index (Phi) is 4.75. The molecule has 2 heterocycles. The van der Waals surface area contributed by atoms with E-state index < -0.39 is 6.04 Å². The number of carbonyl (C=O) groups is 1. The molecular weight excluding hydrogens is 358 g/mol. The Hall–Kier alpha value is -1.76. The molecule has 0 aliphatic carbocycles. The molecule has 1 fully saturated rings. The Balaban J connectivity index is 1.71. The summed E-state index contributed by atoms with van der Waals surface area (Å²) < 4.78 is 0.997. The van der Waals surface area contributed by atoms with Gasteiger partial charge in [0, 0.05) is 23.1 Å². The van der Waals surface area contributed by atoms with E-state index >= 15 is 0 Å². The molecule has 1 aromatic carbocycles. The first-order valence-electron chi connectivity index (χ1n) is 7.89. The fourth-order valence-corrected chi connectivity index (χ4v) is 2.96. The number of amides is 1. The molecule has 2 aromatic rings. The van der Waals surface area contributed by atoms with E-state index in [9.17, 15) is 4.79 Å². The van der Waals surface area contributed by atoms with Gasteiger partial charge in [0.1, 0.15) is 6.04 Å². The van der Waals surface area contributed by atoms with Crippen molar-refractivity contribution in [1.82, 2.24) is 25.1 Å². The molecule has 23 heavy (non-hydrogen) atoms. The van der Waals surface area contributed by atoms with Gasteiger partial charge in [0.2, 0.25) is 11.7 Å². The Morgan fingerprint density at radius 1 is 1.26 bits per heavy atom. The second-order valence-corrected chi connectivity index (χ2v) is 7.04. The molecule has 0 bridgehead atoms. The molecule has 6 nitrogen and oxygen atoms in total. The van der Waals surface area contributed by atoms with Crippen LogP contribution in [0.5, 0.6) is 0 Å². The molecule has 1 aromatic heterocycles. The van der Waals surface area contributed by atoms with Gasteiger partial charge < -0.3 is 4.90 Å². The van der Waals surface area contributed by atoms with E-state index in [0.29, 0.717) is 11.7 Å². The SMILES string of the molecule is CC1CCN(C(=O)[C@H](C)n2nnc(-c3ccc(Br)cc3)n2)CC1. The van der Waals surface area contributed by atoms with Gasteiger partial charge in [-0.15, -0.1) is 10.2 Å². The van der Waals surface area contributed by atoms with Crippen molar-refractivity contribution in [1.29, 1.82) is 0 Å². The van der Waals surface area contributed by atoms with E-state index in [2.05, 4.69) is 38.3 Å². The molecule has 1 atom stereocenters. The van der Waals surface area contributed by atoms with Crippen molar-refractivity contribution in [3.05, 3.63) is 28.7 Å². The van der Waals surface area contributed by atoms with Crippen molar-refractivity contribution in [2.45, 2.75) is 32.7 Å². The molecule has 0 saturated carbocycles. The highest BCUT2D eigenvalue weighted by molar-refractivity contribution is 9.10. The predicted molar refractivity (Wildman–Crippen MR) is 90.6 cm³/mol. The number of aromatic nitrogens is 4. The van der Waals surface area contributed by atoms with Crippen molar-refractivity contribution >= 4 is 21.8 Å². The van der Waals surface area contributed by atoms with Gasteiger partial charge in [0.25, 0.3) is 0 Å². The van der Waals surface area contributed by atoms with Gasteiger partial charge in [-0.2, -0.15) is 4.80 Å². The van der Waals surface area contributed by atoms with Gasteiger partial charge in [-0.1, -0.05) is 22.9 Å². The van der Waals surface area contributed by atoms with E-state index in [1.54, 1.807) is 0 Å². The third-order valence-corrected chi connectivity index (χ3v) is 4.86. The van der Waals surface area contributed by atoms with Crippen molar-refractivity contribution in [2.24, 2.45) is 5.92 Å². The monoisotopic (exact) mass is 377 g/mol. The second kappa shape index (κ2) is 6.78. The molecule has 1 aliphatic rings. The number of likely N-dealkylation sites (tertiary alicyclic amines) is 1.